The van der Waals surface area contributed by atoms with E-state index in [0.717, 1.165) is 48.6 Å². The van der Waals surface area contributed by atoms with Gasteiger partial charge in [-0.1, -0.05) is 12.1 Å². The fraction of sp³-hybridized carbons (Fsp3) is 0.421. The van der Waals surface area contributed by atoms with E-state index in [0.29, 0.717) is 6.61 Å². The molecule has 2 aromatic rings. The van der Waals surface area contributed by atoms with Crippen molar-refractivity contribution < 1.29 is 9.84 Å². The van der Waals surface area contributed by atoms with Crippen LogP contribution in [-0.2, 0) is 6.54 Å². The molecule has 1 aromatic heterocycles. The molecule has 1 N–H and O–H groups in total. The minimum atomic E-state index is 0.285. The number of aromatic nitrogens is 1. The summed E-state index contributed by atoms with van der Waals surface area (Å²) in [5.74, 6) is 1.05. The largest absolute Gasteiger partial charge is 0.508 e. The number of nitrogens with zero attached hydrogens (tertiary/aromatic N) is 2. The molecule has 0 amide bonds. The van der Waals surface area contributed by atoms with Gasteiger partial charge in [0.2, 0.25) is 0 Å². The minimum absolute atomic E-state index is 0.285. The van der Waals surface area contributed by atoms with E-state index in [1.807, 2.05) is 26.0 Å². The summed E-state index contributed by atoms with van der Waals surface area (Å²) in [5, 5.41) is 9.64. The van der Waals surface area contributed by atoms with E-state index in [1.54, 1.807) is 12.1 Å². The number of benzene rings is 1. The predicted molar refractivity (Wildman–Crippen MR) is 92.9 cm³/mol. The van der Waals surface area contributed by atoms with Gasteiger partial charge >= 0.3 is 0 Å². The maximum Gasteiger partial charge on any atom is 0.125 e. The Morgan fingerprint density at radius 2 is 1.87 bits per heavy atom. The summed E-state index contributed by atoms with van der Waals surface area (Å²) in [6, 6.07) is 11.5. The standard InChI is InChI=1S/C19H26N2O2/c1-15-8-6-9-17(20-15)14-21(3)12-4-5-13-23-19-11-7-10-18(22)16(19)2/h6-11,22H,4-5,12-14H2,1-3H3. The van der Waals surface area contributed by atoms with Crippen LogP contribution in [0.15, 0.2) is 36.4 Å². The van der Waals surface area contributed by atoms with Crippen molar-refractivity contribution in [1.82, 2.24) is 9.88 Å². The van der Waals surface area contributed by atoms with Gasteiger partial charge in [0.05, 0.1) is 12.3 Å². The van der Waals surface area contributed by atoms with Crippen LogP contribution in [0.4, 0.5) is 0 Å². The quantitative estimate of drug-likeness (QED) is 0.755. The van der Waals surface area contributed by atoms with E-state index < -0.39 is 0 Å². The molecular weight excluding hydrogens is 288 g/mol. The molecule has 1 aromatic carbocycles. The summed E-state index contributed by atoms with van der Waals surface area (Å²) < 4.78 is 5.74. The van der Waals surface area contributed by atoms with Crippen molar-refractivity contribution in [2.75, 3.05) is 20.2 Å². The van der Waals surface area contributed by atoms with E-state index in [9.17, 15) is 5.11 Å². The van der Waals surface area contributed by atoms with Crippen LogP contribution in [0.1, 0.15) is 29.8 Å². The van der Waals surface area contributed by atoms with Gasteiger partial charge in [-0.05, 0) is 64.5 Å². The molecule has 0 saturated heterocycles. The molecule has 0 atom stereocenters. The second-order valence-electron chi connectivity index (χ2n) is 5.96. The third kappa shape index (κ3) is 5.57. The number of hydrogen-bond donors (Lipinski definition) is 1. The number of pyridine rings is 1. The zero-order valence-corrected chi connectivity index (χ0v) is 14.2. The van der Waals surface area contributed by atoms with Gasteiger partial charge in [-0.3, -0.25) is 4.98 Å². The highest BCUT2D eigenvalue weighted by Gasteiger charge is 2.04. The first-order chi connectivity index (χ1) is 11.1. The lowest BCUT2D eigenvalue weighted by Crippen LogP contribution is -2.20. The van der Waals surface area contributed by atoms with Crippen LogP contribution in [0.3, 0.4) is 0 Å². The number of ether oxygens (including phenoxy) is 1. The van der Waals surface area contributed by atoms with Crippen molar-refractivity contribution in [3.8, 4) is 11.5 Å². The molecule has 0 aliphatic heterocycles. The van der Waals surface area contributed by atoms with E-state index in [4.69, 9.17) is 4.74 Å². The Balaban J connectivity index is 1.66. The molecule has 23 heavy (non-hydrogen) atoms. The monoisotopic (exact) mass is 314 g/mol. The fourth-order valence-electron chi connectivity index (χ4n) is 2.47. The van der Waals surface area contributed by atoms with Gasteiger partial charge in [0, 0.05) is 17.8 Å². The second-order valence-corrected chi connectivity index (χ2v) is 5.96. The number of phenolic OH excluding ortho intramolecular Hbond substituents is 1. The number of unbranched alkanes of at least 4 members (excludes halogenated alkanes) is 1. The normalized spacial score (nSPS) is 11.0. The van der Waals surface area contributed by atoms with Crippen LogP contribution in [0.5, 0.6) is 11.5 Å². The lowest BCUT2D eigenvalue weighted by molar-refractivity contribution is 0.272. The van der Waals surface area contributed by atoms with Gasteiger partial charge in [0.1, 0.15) is 11.5 Å². The first-order valence-electron chi connectivity index (χ1n) is 8.08. The molecule has 0 aliphatic rings. The van der Waals surface area contributed by atoms with Gasteiger partial charge < -0.3 is 14.7 Å². The van der Waals surface area contributed by atoms with Crippen molar-refractivity contribution in [2.24, 2.45) is 0 Å². The first-order valence-corrected chi connectivity index (χ1v) is 8.08. The zero-order chi connectivity index (χ0) is 16.7. The number of phenols is 1. The average molecular weight is 314 g/mol. The highest BCUT2D eigenvalue weighted by molar-refractivity contribution is 5.42. The topological polar surface area (TPSA) is 45.6 Å². The van der Waals surface area contributed by atoms with Crippen molar-refractivity contribution in [3.05, 3.63) is 53.3 Å². The molecule has 124 valence electrons. The summed E-state index contributed by atoms with van der Waals surface area (Å²) in [6.07, 6.45) is 2.06. The van der Waals surface area contributed by atoms with E-state index in [-0.39, 0.29) is 5.75 Å². The Kier molecular flexibility index (Phi) is 6.41. The van der Waals surface area contributed by atoms with Crippen LogP contribution in [-0.4, -0.2) is 35.2 Å². The SMILES string of the molecule is Cc1cccc(CN(C)CCCCOc2cccc(O)c2C)n1. The maximum atomic E-state index is 9.64. The van der Waals surface area contributed by atoms with Crippen molar-refractivity contribution >= 4 is 0 Å². The molecule has 0 saturated carbocycles. The van der Waals surface area contributed by atoms with E-state index >= 15 is 0 Å². The molecule has 0 spiro atoms. The molecule has 0 bridgehead atoms. The van der Waals surface area contributed by atoms with Gasteiger partial charge in [-0.2, -0.15) is 0 Å². The van der Waals surface area contributed by atoms with Crippen LogP contribution in [0.2, 0.25) is 0 Å². The Morgan fingerprint density at radius 1 is 1.09 bits per heavy atom. The third-order valence-electron chi connectivity index (χ3n) is 3.83. The van der Waals surface area contributed by atoms with Crippen LogP contribution >= 0.6 is 0 Å². The summed E-state index contributed by atoms with van der Waals surface area (Å²) >= 11 is 0. The highest BCUT2D eigenvalue weighted by Crippen LogP contribution is 2.26. The van der Waals surface area contributed by atoms with Crippen molar-refractivity contribution in [1.29, 1.82) is 0 Å². The molecule has 2 rings (SSSR count). The Labute approximate surface area is 138 Å². The van der Waals surface area contributed by atoms with Crippen molar-refractivity contribution in [2.45, 2.75) is 33.2 Å². The average Bonchev–Trinajstić information content (AvgIpc) is 2.51. The summed E-state index contributed by atoms with van der Waals surface area (Å²) in [6.45, 7) is 6.44. The molecule has 0 aliphatic carbocycles. The van der Waals surface area contributed by atoms with Gasteiger partial charge in [0.15, 0.2) is 0 Å². The first kappa shape index (κ1) is 17.3. The molecule has 0 fully saturated rings. The van der Waals surface area contributed by atoms with Crippen LogP contribution < -0.4 is 4.74 Å². The minimum Gasteiger partial charge on any atom is -0.508 e. The lowest BCUT2D eigenvalue weighted by atomic mass is 10.2. The number of aryl methyl sites for hydroxylation is 1. The summed E-state index contributed by atoms with van der Waals surface area (Å²) in [5.41, 5.74) is 2.97. The Hall–Kier alpha value is -2.07. The van der Waals surface area contributed by atoms with E-state index in [2.05, 4.69) is 29.1 Å². The van der Waals surface area contributed by atoms with Gasteiger partial charge in [-0.25, -0.2) is 0 Å². The lowest BCUT2D eigenvalue weighted by Gasteiger charge is -2.16. The Morgan fingerprint density at radius 3 is 2.65 bits per heavy atom. The molecule has 0 unspecified atom stereocenters. The zero-order valence-electron chi connectivity index (χ0n) is 14.2. The van der Waals surface area contributed by atoms with Gasteiger partial charge in [-0.15, -0.1) is 0 Å². The fourth-order valence-corrected chi connectivity index (χ4v) is 2.47. The van der Waals surface area contributed by atoms with E-state index in [1.165, 1.54) is 0 Å². The summed E-state index contributed by atoms with van der Waals surface area (Å²) in [7, 11) is 2.12. The number of aromatic hydroxyl groups is 1. The molecule has 0 radical (unpaired) electrons. The Bertz CT molecular complexity index is 629. The number of rotatable bonds is 8. The smallest absolute Gasteiger partial charge is 0.125 e. The van der Waals surface area contributed by atoms with Crippen molar-refractivity contribution in [3.63, 3.8) is 0 Å². The predicted octanol–water partition coefficient (Wildman–Crippen LogP) is 3.70. The second kappa shape index (κ2) is 8.53. The summed E-state index contributed by atoms with van der Waals surface area (Å²) in [4.78, 5) is 6.80. The molecular formula is C19H26N2O2. The van der Waals surface area contributed by atoms with Crippen LogP contribution in [0, 0.1) is 13.8 Å². The molecule has 1 heterocycles. The number of hydrogen-bond acceptors (Lipinski definition) is 4. The maximum absolute atomic E-state index is 9.64. The van der Waals surface area contributed by atoms with Gasteiger partial charge in [0.25, 0.3) is 0 Å². The highest BCUT2D eigenvalue weighted by atomic mass is 16.5. The molecule has 4 heteroatoms. The molecule has 4 nitrogen and oxygen atoms in total. The van der Waals surface area contributed by atoms with Crippen LogP contribution in [0.25, 0.3) is 0 Å². The third-order valence-corrected chi connectivity index (χ3v) is 3.83.